The molecule has 0 saturated heterocycles. The van der Waals surface area contributed by atoms with Crippen LogP contribution in [0.15, 0.2) is 195 Å². The van der Waals surface area contributed by atoms with Crippen molar-refractivity contribution in [1.82, 2.24) is 9.97 Å². The first-order valence-corrected chi connectivity index (χ1v) is 21.7. The van der Waals surface area contributed by atoms with Gasteiger partial charge in [0.1, 0.15) is 0 Å². The first-order chi connectivity index (χ1) is 30.3. The molecule has 0 unspecified atom stereocenters. The average molecular weight is 789 g/mol. The molecule has 0 saturated carbocycles. The second kappa shape index (κ2) is 12.4. The zero-order valence-corrected chi connectivity index (χ0v) is 33.6. The lowest BCUT2D eigenvalue weighted by Crippen LogP contribution is -1.93. The number of thiophene rings is 1. The summed E-state index contributed by atoms with van der Waals surface area (Å²) in [5.41, 5.74) is 14.9. The Morgan fingerprint density at radius 3 is 1.49 bits per heavy atom. The van der Waals surface area contributed by atoms with Crippen LogP contribution in [-0.2, 0) is 0 Å². The molecule has 0 aliphatic heterocycles. The highest BCUT2D eigenvalue weighted by atomic mass is 32.1. The molecule has 0 atom stereocenters. The molecule has 14 rings (SSSR count). The Labute approximate surface area is 355 Å². The molecule has 61 heavy (non-hydrogen) atoms. The van der Waals surface area contributed by atoms with Crippen molar-refractivity contribution in [3.63, 3.8) is 0 Å². The summed E-state index contributed by atoms with van der Waals surface area (Å²) < 4.78 is 2.62. The van der Waals surface area contributed by atoms with Crippen molar-refractivity contribution in [1.29, 1.82) is 0 Å². The van der Waals surface area contributed by atoms with E-state index in [1.165, 1.54) is 141 Å². The van der Waals surface area contributed by atoms with Gasteiger partial charge in [-0.15, -0.1) is 11.3 Å². The summed E-state index contributed by atoms with van der Waals surface area (Å²) in [7, 11) is 0. The van der Waals surface area contributed by atoms with E-state index in [1.807, 2.05) is 36.1 Å². The first-order valence-electron chi connectivity index (χ1n) is 20.9. The third-order valence-corrected chi connectivity index (χ3v) is 14.5. The zero-order chi connectivity index (χ0) is 39.8. The Morgan fingerprint density at radius 1 is 0.295 bits per heavy atom. The van der Waals surface area contributed by atoms with Crippen LogP contribution in [0.2, 0.25) is 0 Å². The molecule has 10 aromatic carbocycles. The van der Waals surface area contributed by atoms with Gasteiger partial charge < -0.3 is 0 Å². The maximum absolute atomic E-state index is 4.43. The molecule has 13 aromatic rings. The van der Waals surface area contributed by atoms with Crippen molar-refractivity contribution in [3.8, 4) is 66.8 Å². The Hall–Kier alpha value is -7.72. The van der Waals surface area contributed by atoms with Crippen LogP contribution in [0.5, 0.6) is 0 Å². The first kappa shape index (κ1) is 33.1. The zero-order valence-electron chi connectivity index (χ0n) is 32.8. The number of hydrogen-bond donors (Lipinski definition) is 0. The Bertz CT molecular complexity index is 3820. The lowest BCUT2D eigenvalue weighted by atomic mass is 9.83. The van der Waals surface area contributed by atoms with Crippen LogP contribution in [0.25, 0.3) is 141 Å². The minimum absolute atomic E-state index is 1.17. The van der Waals surface area contributed by atoms with Gasteiger partial charge in [0, 0.05) is 50.5 Å². The van der Waals surface area contributed by atoms with Crippen molar-refractivity contribution in [2.75, 3.05) is 0 Å². The number of nitrogens with zero attached hydrogens (tertiary/aromatic N) is 2. The van der Waals surface area contributed by atoms with Crippen LogP contribution in [-0.4, -0.2) is 9.97 Å². The van der Waals surface area contributed by atoms with Gasteiger partial charge in [-0.25, -0.2) is 0 Å². The number of aromatic nitrogens is 2. The molecular weight excluding hydrogens is 757 g/mol. The van der Waals surface area contributed by atoms with Gasteiger partial charge >= 0.3 is 0 Å². The highest BCUT2D eigenvalue weighted by Crippen LogP contribution is 2.59. The lowest BCUT2D eigenvalue weighted by Gasteiger charge is -2.20. The molecule has 1 aliphatic carbocycles. The quantitative estimate of drug-likeness (QED) is 0.166. The van der Waals surface area contributed by atoms with Gasteiger partial charge in [-0.2, -0.15) is 0 Å². The highest BCUT2D eigenvalue weighted by Gasteiger charge is 2.31. The number of hydrogen-bond acceptors (Lipinski definition) is 3. The van der Waals surface area contributed by atoms with E-state index in [9.17, 15) is 0 Å². The molecule has 0 spiro atoms. The molecule has 0 amide bonds. The van der Waals surface area contributed by atoms with Gasteiger partial charge in [-0.05, 0) is 170 Å². The fourth-order valence-electron chi connectivity index (χ4n) is 10.8. The van der Waals surface area contributed by atoms with Gasteiger partial charge in [-0.3, -0.25) is 9.97 Å². The number of fused-ring (bicyclic) bond motifs is 7. The average Bonchev–Trinajstić information content (AvgIpc) is 3.87. The Balaban J connectivity index is 1.07. The SMILES string of the molecule is c1cc2ccc3cc(-c4cc(-c5ccc6c7c(cccc57)-c5c-6c(-c6ccncc6)c6ccccc6c5-c5ccncc5)c5sc6ccccc6c5c4)cc4ccc(c1)c2c34. The van der Waals surface area contributed by atoms with Crippen LogP contribution >= 0.6 is 11.3 Å². The third kappa shape index (κ3) is 4.61. The lowest BCUT2D eigenvalue weighted by molar-refractivity contribution is 1.33. The summed E-state index contributed by atoms with van der Waals surface area (Å²) in [4.78, 5) is 8.86. The van der Waals surface area contributed by atoms with E-state index >= 15 is 0 Å². The van der Waals surface area contributed by atoms with Crippen molar-refractivity contribution in [3.05, 3.63) is 195 Å². The fraction of sp³-hybridized carbons (Fsp3) is 0. The van der Waals surface area contributed by atoms with Crippen molar-refractivity contribution >= 4 is 85.4 Å². The van der Waals surface area contributed by atoms with Gasteiger partial charge in [0.05, 0.1) is 0 Å². The Kier molecular flexibility index (Phi) is 6.74. The minimum Gasteiger partial charge on any atom is -0.265 e. The van der Waals surface area contributed by atoms with E-state index in [0.717, 1.165) is 0 Å². The van der Waals surface area contributed by atoms with Crippen LogP contribution in [0.4, 0.5) is 0 Å². The largest absolute Gasteiger partial charge is 0.265 e. The van der Waals surface area contributed by atoms with E-state index in [2.05, 4.69) is 180 Å². The van der Waals surface area contributed by atoms with Crippen LogP contribution in [0, 0.1) is 0 Å². The maximum atomic E-state index is 4.43. The molecule has 0 radical (unpaired) electrons. The van der Waals surface area contributed by atoms with E-state index in [0.29, 0.717) is 0 Å². The van der Waals surface area contributed by atoms with Gasteiger partial charge in [0.15, 0.2) is 0 Å². The topological polar surface area (TPSA) is 25.8 Å². The van der Waals surface area contributed by atoms with Crippen LogP contribution in [0.1, 0.15) is 0 Å². The molecule has 0 fully saturated rings. The van der Waals surface area contributed by atoms with Crippen molar-refractivity contribution in [2.24, 2.45) is 0 Å². The smallest absolute Gasteiger partial charge is 0.0434 e. The molecule has 1 aliphatic rings. The molecule has 3 aromatic heterocycles. The van der Waals surface area contributed by atoms with Crippen LogP contribution in [0.3, 0.4) is 0 Å². The van der Waals surface area contributed by atoms with E-state index in [1.54, 1.807) is 0 Å². The van der Waals surface area contributed by atoms with Gasteiger partial charge in [-0.1, -0.05) is 115 Å². The van der Waals surface area contributed by atoms with Gasteiger partial charge in [0.25, 0.3) is 0 Å². The van der Waals surface area contributed by atoms with E-state index in [4.69, 9.17) is 0 Å². The molecule has 2 nitrogen and oxygen atoms in total. The van der Waals surface area contributed by atoms with Crippen LogP contribution < -0.4 is 0 Å². The molecule has 3 heterocycles. The minimum atomic E-state index is 1.17. The second-order valence-corrected chi connectivity index (χ2v) is 17.5. The molecule has 3 heteroatoms. The molecule has 280 valence electrons. The summed E-state index contributed by atoms with van der Waals surface area (Å²) >= 11 is 1.90. The number of rotatable bonds is 4. The second-order valence-electron chi connectivity index (χ2n) is 16.4. The maximum Gasteiger partial charge on any atom is 0.0434 e. The van der Waals surface area contributed by atoms with E-state index in [-0.39, 0.29) is 0 Å². The monoisotopic (exact) mass is 788 g/mol. The van der Waals surface area contributed by atoms with Crippen molar-refractivity contribution < 1.29 is 0 Å². The number of pyridine rings is 2. The summed E-state index contributed by atoms with van der Waals surface area (Å²) in [5, 5.41) is 15.5. The summed E-state index contributed by atoms with van der Waals surface area (Å²) in [6, 6.07) is 63.7. The Morgan fingerprint density at radius 2 is 0.820 bits per heavy atom. The molecule has 0 N–H and O–H groups in total. The summed E-state index contributed by atoms with van der Waals surface area (Å²) in [5.74, 6) is 0. The van der Waals surface area contributed by atoms with Gasteiger partial charge in [0.2, 0.25) is 0 Å². The van der Waals surface area contributed by atoms with Crippen molar-refractivity contribution in [2.45, 2.75) is 0 Å². The predicted octanol–water partition coefficient (Wildman–Crippen LogP) is 16.4. The fourth-order valence-corrected chi connectivity index (χ4v) is 12.0. The summed E-state index contributed by atoms with van der Waals surface area (Å²) in [6.45, 7) is 0. The normalized spacial score (nSPS) is 12.3. The molecular formula is C58H32N2S. The van der Waals surface area contributed by atoms with E-state index < -0.39 is 0 Å². The predicted molar refractivity (Wildman–Crippen MR) is 260 cm³/mol. The molecule has 0 bridgehead atoms. The standard InChI is InChI=1S/C58H32N2S/c1-2-11-45-44(10-1)53(35-21-25-59-26-22-35)56-46-13-6-12-43-41(19-20-47(55(43)46)57(56)54(45)36-23-27-60-28-24-36)48-31-40(32-49-42-9-3-4-14-50(42)61-58(48)49)39-29-37-17-15-33-7-5-8-34-16-18-38(30-39)52(37)51(33)34/h1-32H. The summed E-state index contributed by atoms with van der Waals surface area (Å²) in [6.07, 6.45) is 7.66. The highest BCUT2D eigenvalue weighted by molar-refractivity contribution is 7.26. The third-order valence-electron chi connectivity index (χ3n) is 13.3. The number of benzene rings is 10.